The van der Waals surface area contributed by atoms with Crippen LogP contribution in [-0.4, -0.2) is 71.0 Å². The molecule has 228 valence electrons. The predicted octanol–water partition coefficient (Wildman–Crippen LogP) is 1.16. The van der Waals surface area contributed by atoms with Gasteiger partial charge >= 0.3 is 23.6 Å². The fraction of sp³-hybridized carbons (Fsp3) is 0.522. The first-order chi connectivity index (χ1) is 19.9. The van der Waals surface area contributed by atoms with Crippen molar-refractivity contribution < 1.29 is 38.5 Å². The van der Waals surface area contributed by atoms with Gasteiger partial charge in [0, 0.05) is 39.5 Å². The third kappa shape index (κ3) is 11.0. The number of carbonyl (C=O) groups excluding carboxylic acids is 4. The molecule has 2 amide bonds. The number of rotatable bonds is 16. The highest BCUT2D eigenvalue weighted by molar-refractivity contribution is 7.80. The van der Waals surface area contributed by atoms with E-state index in [9.17, 15) is 39.4 Å². The lowest BCUT2D eigenvalue weighted by atomic mass is 10.2. The minimum absolute atomic E-state index is 0.0578. The van der Waals surface area contributed by atoms with Crippen molar-refractivity contribution in [3.63, 3.8) is 0 Å². The molecule has 0 aliphatic rings. The Labute approximate surface area is 244 Å². The second-order valence-corrected chi connectivity index (χ2v) is 9.13. The first-order valence-electron chi connectivity index (χ1n) is 12.7. The Morgan fingerprint density at radius 1 is 0.786 bits per heavy atom. The Morgan fingerprint density at radius 3 is 1.52 bits per heavy atom. The average molecular weight is 611 g/mol. The number of ether oxygens (including phenoxy) is 2. The molecule has 0 bridgehead atoms. The lowest BCUT2D eigenvalue weighted by molar-refractivity contribution is -0.392. The van der Waals surface area contributed by atoms with Crippen LogP contribution in [0.5, 0.6) is 0 Å². The average Bonchev–Trinajstić information content (AvgIpc) is 3.46. The van der Waals surface area contributed by atoms with Crippen LogP contribution < -0.4 is 10.6 Å². The number of hydrogen-bond acceptors (Lipinski definition) is 13. The molecule has 0 radical (unpaired) electrons. The number of aromatic nitrogens is 4. The molecule has 0 saturated carbocycles. The van der Waals surface area contributed by atoms with Crippen molar-refractivity contribution in [3.8, 4) is 0 Å². The predicted molar refractivity (Wildman–Crippen MR) is 146 cm³/mol. The molecule has 0 saturated heterocycles. The van der Waals surface area contributed by atoms with Gasteiger partial charge in [-0.15, -0.1) is 0 Å². The third-order valence-electron chi connectivity index (χ3n) is 5.67. The van der Waals surface area contributed by atoms with Crippen LogP contribution >= 0.6 is 12.2 Å². The fourth-order valence-corrected chi connectivity index (χ4v) is 3.83. The SMILES string of the molecule is Cc1ncc([N+](=O)[O-])n1CCOC(=O)CCCC(=O)NC(=S)NC(=O)CCCC(=O)OCCn1c([N+](=O)[O-])cnc1C. The summed E-state index contributed by atoms with van der Waals surface area (Å²) in [6, 6.07) is 0. The van der Waals surface area contributed by atoms with Crippen LogP contribution in [0, 0.1) is 34.1 Å². The van der Waals surface area contributed by atoms with Gasteiger partial charge in [-0.1, -0.05) is 0 Å². The second-order valence-electron chi connectivity index (χ2n) is 8.72. The van der Waals surface area contributed by atoms with Crippen LogP contribution in [0.4, 0.5) is 11.6 Å². The standard InChI is InChI=1S/C23H30N8O10S/c1-15-24-13-19(30(36)37)28(15)9-11-40-21(34)7-3-5-17(32)26-23(42)27-18(33)6-4-8-22(35)41-12-10-29-16(2)25-14-20(29)31(38)39/h13-14H,3-12H2,1-2H3,(H2,26,27,32,33,42). The molecule has 0 aromatic carbocycles. The topological polar surface area (TPSA) is 233 Å². The van der Waals surface area contributed by atoms with E-state index in [2.05, 4.69) is 20.6 Å². The van der Waals surface area contributed by atoms with Crippen LogP contribution in [0.25, 0.3) is 0 Å². The van der Waals surface area contributed by atoms with Gasteiger partial charge < -0.3 is 40.3 Å². The van der Waals surface area contributed by atoms with E-state index in [0.29, 0.717) is 11.6 Å². The van der Waals surface area contributed by atoms with Gasteiger partial charge in [0.15, 0.2) is 16.8 Å². The van der Waals surface area contributed by atoms with E-state index in [1.54, 1.807) is 13.8 Å². The molecule has 2 rings (SSSR count). The molecule has 0 aliphatic heterocycles. The zero-order chi connectivity index (χ0) is 31.2. The number of aryl methyl sites for hydroxylation is 2. The third-order valence-corrected chi connectivity index (χ3v) is 5.88. The Bertz CT molecular complexity index is 1240. The number of carbonyl (C=O) groups is 4. The lowest BCUT2D eigenvalue weighted by Crippen LogP contribution is -2.42. The molecule has 2 heterocycles. The number of amides is 2. The van der Waals surface area contributed by atoms with Crippen LogP contribution in [0.2, 0.25) is 0 Å². The molecule has 2 aromatic rings. The summed E-state index contributed by atoms with van der Waals surface area (Å²) in [7, 11) is 0. The molecule has 2 aromatic heterocycles. The zero-order valence-corrected chi connectivity index (χ0v) is 23.7. The molecular weight excluding hydrogens is 580 g/mol. The van der Waals surface area contributed by atoms with Gasteiger partial charge in [0.25, 0.3) is 0 Å². The van der Waals surface area contributed by atoms with E-state index in [4.69, 9.17) is 21.7 Å². The van der Waals surface area contributed by atoms with Gasteiger partial charge in [-0.3, -0.25) is 19.2 Å². The molecule has 0 aliphatic carbocycles. The summed E-state index contributed by atoms with van der Waals surface area (Å²) in [5, 5.41) is 26.3. The van der Waals surface area contributed by atoms with Crippen molar-refractivity contribution in [1.82, 2.24) is 29.7 Å². The number of esters is 2. The lowest BCUT2D eigenvalue weighted by Gasteiger charge is -2.09. The van der Waals surface area contributed by atoms with E-state index in [0.717, 1.165) is 12.4 Å². The van der Waals surface area contributed by atoms with Crippen LogP contribution in [0.3, 0.4) is 0 Å². The highest BCUT2D eigenvalue weighted by Crippen LogP contribution is 2.14. The van der Waals surface area contributed by atoms with Crippen molar-refractivity contribution in [3.05, 3.63) is 44.3 Å². The molecule has 0 spiro atoms. The second kappa shape index (κ2) is 16.5. The number of imidazole rings is 2. The van der Waals surface area contributed by atoms with Crippen LogP contribution in [0.1, 0.15) is 50.2 Å². The van der Waals surface area contributed by atoms with Crippen LogP contribution in [-0.2, 0) is 41.7 Å². The van der Waals surface area contributed by atoms with E-state index in [1.807, 2.05) is 0 Å². The molecule has 0 atom stereocenters. The number of thiocarbonyl (C=S) groups is 1. The van der Waals surface area contributed by atoms with Gasteiger partial charge in [0.05, 0.1) is 0 Å². The minimum Gasteiger partial charge on any atom is -0.461 e. The summed E-state index contributed by atoms with van der Waals surface area (Å²) in [5.41, 5.74) is 0. The number of nitro groups is 2. The molecule has 2 N–H and O–H groups in total. The molecule has 18 nitrogen and oxygen atoms in total. The zero-order valence-electron chi connectivity index (χ0n) is 22.9. The van der Waals surface area contributed by atoms with Gasteiger partial charge in [-0.05, 0) is 34.9 Å². The summed E-state index contributed by atoms with van der Waals surface area (Å²) in [5.74, 6) is -1.85. The first-order valence-corrected chi connectivity index (χ1v) is 13.1. The maximum atomic E-state index is 12.0. The summed E-state index contributed by atoms with van der Waals surface area (Å²) in [6.07, 6.45) is 2.20. The fourth-order valence-electron chi connectivity index (χ4n) is 3.60. The van der Waals surface area contributed by atoms with Gasteiger partial charge in [-0.25, -0.2) is 19.1 Å². The molecular formula is C23H30N8O10S. The normalized spacial score (nSPS) is 10.5. The summed E-state index contributed by atoms with van der Waals surface area (Å²) in [6.45, 7) is 3.08. The van der Waals surface area contributed by atoms with Crippen molar-refractivity contribution in [1.29, 1.82) is 0 Å². The Kier molecular flexibility index (Phi) is 13.1. The van der Waals surface area contributed by atoms with Gasteiger partial charge in [0.2, 0.25) is 11.8 Å². The monoisotopic (exact) mass is 610 g/mol. The minimum atomic E-state index is -0.587. The van der Waals surface area contributed by atoms with E-state index in [1.165, 1.54) is 9.13 Å². The summed E-state index contributed by atoms with van der Waals surface area (Å²) in [4.78, 5) is 76.3. The van der Waals surface area contributed by atoms with E-state index >= 15 is 0 Å². The van der Waals surface area contributed by atoms with Gasteiger partial charge in [0.1, 0.15) is 38.7 Å². The van der Waals surface area contributed by atoms with Crippen molar-refractivity contribution in [2.75, 3.05) is 13.2 Å². The van der Waals surface area contributed by atoms with Crippen LogP contribution in [0.15, 0.2) is 12.4 Å². The van der Waals surface area contributed by atoms with Crippen molar-refractivity contribution in [2.45, 2.75) is 65.5 Å². The maximum absolute atomic E-state index is 12.0. The first kappa shape index (κ1) is 33.4. The number of nitrogens with one attached hydrogen (secondary N) is 2. The Morgan fingerprint density at radius 2 is 1.17 bits per heavy atom. The maximum Gasteiger partial charge on any atom is 0.342 e. The molecule has 42 heavy (non-hydrogen) atoms. The highest BCUT2D eigenvalue weighted by Gasteiger charge is 2.19. The number of hydrogen-bond donors (Lipinski definition) is 2. The molecule has 0 fully saturated rings. The van der Waals surface area contributed by atoms with Crippen molar-refractivity contribution >= 4 is 52.7 Å². The van der Waals surface area contributed by atoms with Gasteiger partial charge in [-0.2, -0.15) is 0 Å². The van der Waals surface area contributed by atoms with Crippen molar-refractivity contribution in [2.24, 2.45) is 0 Å². The largest absolute Gasteiger partial charge is 0.461 e. The summed E-state index contributed by atoms with van der Waals surface area (Å²) >= 11 is 4.92. The highest BCUT2D eigenvalue weighted by atomic mass is 32.1. The molecule has 19 heteroatoms. The van der Waals surface area contributed by atoms with E-state index < -0.39 is 33.6 Å². The molecule has 0 unspecified atom stereocenters. The Hall–Kier alpha value is -4.81. The number of nitrogens with zero attached hydrogens (tertiary/aromatic N) is 6. The quantitative estimate of drug-likeness (QED) is 0.118. The smallest absolute Gasteiger partial charge is 0.342 e. The Balaban J connectivity index is 1.55. The summed E-state index contributed by atoms with van der Waals surface area (Å²) < 4.78 is 12.7. The van der Waals surface area contributed by atoms with E-state index in [-0.39, 0.29) is 81.6 Å².